The molecule has 1 aliphatic rings. The molecule has 1 fully saturated rings. The molecule has 4 rings (SSSR count). The summed E-state index contributed by atoms with van der Waals surface area (Å²) in [5.74, 6) is 2.36. The van der Waals surface area contributed by atoms with Gasteiger partial charge in [0.05, 0.1) is 10.7 Å². The molecule has 1 aromatic carbocycles. The van der Waals surface area contributed by atoms with E-state index in [9.17, 15) is 0 Å². The van der Waals surface area contributed by atoms with Crippen molar-refractivity contribution in [3.8, 4) is 11.3 Å². The SMILES string of the molecule is Cc1nc(-c2ccc(CN3CCC(c4nc(C(C)C)no4)CC3)cc2)c(C)s1. The normalized spacial score (nSPS) is 16.2. The summed E-state index contributed by atoms with van der Waals surface area (Å²) in [5, 5.41) is 5.24. The average molecular weight is 397 g/mol. The van der Waals surface area contributed by atoms with Crippen LogP contribution in [0.1, 0.15) is 65.7 Å². The fraction of sp³-hybridized carbons (Fsp3) is 0.500. The van der Waals surface area contributed by atoms with E-state index < -0.39 is 0 Å². The summed E-state index contributed by atoms with van der Waals surface area (Å²) in [6, 6.07) is 8.88. The average Bonchev–Trinajstić information content (AvgIpc) is 3.30. The van der Waals surface area contributed by atoms with Crippen molar-refractivity contribution < 1.29 is 4.52 Å². The van der Waals surface area contributed by atoms with E-state index in [-0.39, 0.29) is 0 Å². The van der Waals surface area contributed by atoms with E-state index in [0.29, 0.717) is 11.8 Å². The summed E-state index contributed by atoms with van der Waals surface area (Å²) in [5.41, 5.74) is 3.68. The van der Waals surface area contributed by atoms with Crippen LogP contribution in [0.4, 0.5) is 0 Å². The maximum atomic E-state index is 5.50. The minimum Gasteiger partial charge on any atom is -0.339 e. The van der Waals surface area contributed by atoms with E-state index in [0.717, 1.165) is 54.9 Å². The molecule has 3 aromatic rings. The van der Waals surface area contributed by atoms with E-state index >= 15 is 0 Å². The Kier molecular flexibility index (Phi) is 5.60. The Balaban J connectivity index is 1.34. The minimum atomic E-state index is 0.317. The van der Waals surface area contributed by atoms with Crippen molar-refractivity contribution in [2.75, 3.05) is 13.1 Å². The van der Waals surface area contributed by atoms with E-state index in [2.05, 4.69) is 72.0 Å². The molecule has 6 heteroatoms. The second kappa shape index (κ2) is 8.13. The van der Waals surface area contributed by atoms with E-state index in [4.69, 9.17) is 4.52 Å². The van der Waals surface area contributed by atoms with Gasteiger partial charge in [-0.05, 0) is 45.3 Å². The highest BCUT2D eigenvalue weighted by molar-refractivity contribution is 7.11. The van der Waals surface area contributed by atoms with Gasteiger partial charge in [-0.15, -0.1) is 11.3 Å². The van der Waals surface area contributed by atoms with E-state index in [1.54, 1.807) is 11.3 Å². The molecule has 1 aliphatic heterocycles. The number of aryl methyl sites for hydroxylation is 2. The van der Waals surface area contributed by atoms with Gasteiger partial charge in [0.1, 0.15) is 0 Å². The molecule has 2 aromatic heterocycles. The molecule has 0 amide bonds. The van der Waals surface area contributed by atoms with E-state index in [1.807, 2.05) is 0 Å². The maximum Gasteiger partial charge on any atom is 0.229 e. The van der Waals surface area contributed by atoms with Crippen LogP contribution in [0.2, 0.25) is 0 Å². The van der Waals surface area contributed by atoms with Gasteiger partial charge in [-0.3, -0.25) is 4.90 Å². The second-order valence-corrected chi connectivity index (χ2v) is 9.44. The molecule has 0 atom stereocenters. The van der Waals surface area contributed by atoms with E-state index in [1.165, 1.54) is 16.0 Å². The Labute approximate surface area is 170 Å². The van der Waals surface area contributed by atoms with Gasteiger partial charge in [-0.25, -0.2) is 4.98 Å². The number of rotatable bonds is 5. The third kappa shape index (κ3) is 4.18. The maximum absolute atomic E-state index is 5.50. The summed E-state index contributed by atoms with van der Waals surface area (Å²) in [4.78, 5) is 13.1. The lowest BCUT2D eigenvalue weighted by molar-refractivity contribution is 0.187. The first-order valence-electron chi connectivity index (χ1n) is 10.1. The fourth-order valence-corrected chi connectivity index (χ4v) is 4.65. The largest absolute Gasteiger partial charge is 0.339 e. The van der Waals surface area contributed by atoms with Crippen LogP contribution in [0.5, 0.6) is 0 Å². The molecule has 5 nitrogen and oxygen atoms in total. The standard InChI is InChI=1S/C22H28N4OS/c1-14(2)21-24-22(27-25-21)19-9-11-26(12-10-19)13-17-5-7-18(8-6-17)20-15(3)28-16(4)23-20/h5-8,14,19H,9-13H2,1-4H3. The topological polar surface area (TPSA) is 55.1 Å². The summed E-state index contributed by atoms with van der Waals surface area (Å²) >= 11 is 1.76. The molecular weight excluding hydrogens is 368 g/mol. The lowest BCUT2D eigenvalue weighted by Gasteiger charge is -2.30. The highest BCUT2D eigenvalue weighted by Gasteiger charge is 2.25. The van der Waals surface area contributed by atoms with Gasteiger partial charge < -0.3 is 4.52 Å². The number of benzene rings is 1. The zero-order chi connectivity index (χ0) is 19.7. The second-order valence-electron chi connectivity index (χ2n) is 8.03. The summed E-state index contributed by atoms with van der Waals surface area (Å²) < 4.78 is 5.50. The molecular formula is C22H28N4OS. The Morgan fingerprint density at radius 3 is 2.39 bits per heavy atom. The lowest BCUT2D eigenvalue weighted by Crippen LogP contribution is -2.32. The first-order chi connectivity index (χ1) is 13.5. The number of likely N-dealkylation sites (tertiary alicyclic amines) is 1. The minimum absolute atomic E-state index is 0.317. The first kappa shape index (κ1) is 19.3. The van der Waals surface area contributed by atoms with Crippen molar-refractivity contribution >= 4 is 11.3 Å². The van der Waals surface area contributed by atoms with Crippen molar-refractivity contribution in [2.45, 2.75) is 58.9 Å². The Morgan fingerprint density at radius 1 is 1.11 bits per heavy atom. The molecule has 1 saturated heterocycles. The highest BCUT2D eigenvalue weighted by atomic mass is 32.1. The monoisotopic (exact) mass is 396 g/mol. The van der Waals surface area contributed by atoms with Crippen LogP contribution in [0.25, 0.3) is 11.3 Å². The molecule has 0 N–H and O–H groups in total. The molecule has 0 saturated carbocycles. The molecule has 0 bridgehead atoms. The lowest BCUT2D eigenvalue weighted by atomic mass is 9.96. The zero-order valence-corrected chi connectivity index (χ0v) is 17.9. The number of piperidine rings is 1. The van der Waals surface area contributed by atoms with Gasteiger partial charge >= 0.3 is 0 Å². The van der Waals surface area contributed by atoms with Crippen molar-refractivity contribution in [3.05, 3.63) is 51.4 Å². The number of hydrogen-bond donors (Lipinski definition) is 0. The van der Waals surface area contributed by atoms with Crippen LogP contribution in [0.15, 0.2) is 28.8 Å². The summed E-state index contributed by atoms with van der Waals surface area (Å²) in [7, 11) is 0. The smallest absolute Gasteiger partial charge is 0.229 e. The fourth-order valence-electron chi connectivity index (χ4n) is 3.81. The molecule has 0 unspecified atom stereocenters. The third-order valence-electron chi connectivity index (χ3n) is 5.45. The van der Waals surface area contributed by atoms with Crippen LogP contribution in [-0.4, -0.2) is 33.1 Å². The molecule has 148 valence electrons. The van der Waals surface area contributed by atoms with Gasteiger partial charge in [0.2, 0.25) is 5.89 Å². The third-order valence-corrected chi connectivity index (χ3v) is 6.33. The summed E-state index contributed by atoms with van der Waals surface area (Å²) in [6.07, 6.45) is 2.16. The van der Waals surface area contributed by atoms with Crippen LogP contribution in [-0.2, 0) is 6.54 Å². The van der Waals surface area contributed by atoms with Gasteiger partial charge in [0, 0.05) is 28.8 Å². The molecule has 0 aliphatic carbocycles. The molecule has 0 spiro atoms. The Morgan fingerprint density at radius 2 is 1.82 bits per heavy atom. The predicted molar refractivity (Wildman–Crippen MR) is 113 cm³/mol. The molecule has 28 heavy (non-hydrogen) atoms. The Hall–Kier alpha value is -2.05. The summed E-state index contributed by atoms with van der Waals surface area (Å²) in [6.45, 7) is 11.5. The van der Waals surface area contributed by atoms with Gasteiger partial charge in [0.25, 0.3) is 0 Å². The molecule has 0 radical (unpaired) electrons. The first-order valence-corrected chi connectivity index (χ1v) is 10.9. The predicted octanol–water partition coefficient (Wildman–Crippen LogP) is 5.31. The Bertz CT molecular complexity index is 920. The van der Waals surface area contributed by atoms with Gasteiger partial charge in [-0.1, -0.05) is 43.3 Å². The van der Waals surface area contributed by atoms with Crippen LogP contribution in [0, 0.1) is 13.8 Å². The van der Waals surface area contributed by atoms with Gasteiger partial charge in [0.15, 0.2) is 5.82 Å². The van der Waals surface area contributed by atoms with Crippen LogP contribution >= 0.6 is 11.3 Å². The number of thiazole rings is 1. The number of nitrogens with zero attached hydrogens (tertiary/aromatic N) is 4. The van der Waals surface area contributed by atoms with Crippen molar-refractivity contribution in [2.24, 2.45) is 0 Å². The van der Waals surface area contributed by atoms with Gasteiger partial charge in [-0.2, -0.15) is 4.98 Å². The quantitative estimate of drug-likeness (QED) is 0.585. The number of hydrogen-bond acceptors (Lipinski definition) is 6. The molecule has 3 heterocycles. The zero-order valence-electron chi connectivity index (χ0n) is 17.1. The van der Waals surface area contributed by atoms with Crippen molar-refractivity contribution in [3.63, 3.8) is 0 Å². The van der Waals surface area contributed by atoms with Crippen LogP contribution < -0.4 is 0 Å². The number of aromatic nitrogens is 3. The van der Waals surface area contributed by atoms with Crippen molar-refractivity contribution in [1.82, 2.24) is 20.0 Å². The highest BCUT2D eigenvalue weighted by Crippen LogP contribution is 2.30. The van der Waals surface area contributed by atoms with Crippen molar-refractivity contribution in [1.29, 1.82) is 0 Å². The van der Waals surface area contributed by atoms with Crippen LogP contribution in [0.3, 0.4) is 0 Å².